The van der Waals surface area contributed by atoms with E-state index < -0.39 is 0 Å². The van der Waals surface area contributed by atoms with Gasteiger partial charge in [-0.05, 0) is 61.4 Å². The van der Waals surface area contributed by atoms with Crippen molar-refractivity contribution in [2.75, 3.05) is 27.3 Å². The van der Waals surface area contributed by atoms with Gasteiger partial charge in [0.2, 0.25) is 0 Å². The van der Waals surface area contributed by atoms with Crippen molar-refractivity contribution in [3.05, 3.63) is 59.9 Å². The summed E-state index contributed by atoms with van der Waals surface area (Å²) in [7, 11) is 3.59. The molecule has 2 heterocycles. The number of benzene rings is 2. The van der Waals surface area contributed by atoms with Crippen LogP contribution in [0.2, 0.25) is 0 Å². The average molecular weight is 406 g/mol. The summed E-state index contributed by atoms with van der Waals surface area (Å²) < 4.78 is 13.8. The highest BCUT2D eigenvalue weighted by Gasteiger charge is 2.43. The molecule has 1 aromatic heterocycles. The molecule has 5 heteroatoms. The first-order chi connectivity index (χ1) is 14.7. The minimum absolute atomic E-state index is 0.239. The molecule has 0 N–H and O–H groups in total. The van der Waals surface area contributed by atoms with Crippen molar-refractivity contribution in [3.63, 3.8) is 0 Å². The van der Waals surface area contributed by atoms with Gasteiger partial charge >= 0.3 is 0 Å². The van der Waals surface area contributed by atoms with E-state index >= 15 is 0 Å². The second-order valence-electron chi connectivity index (χ2n) is 8.89. The SMILES string of the molecule is COc1ccc(CN2C[C@H]3C[C@H](OC)[C@@H](n4c(C)nc5ccccc54)C[C@H]3C2)cc1. The lowest BCUT2D eigenvalue weighted by Gasteiger charge is -2.38. The number of rotatable bonds is 5. The average Bonchev–Trinajstić information content (AvgIpc) is 3.31. The Morgan fingerprint density at radius 1 is 0.967 bits per heavy atom. The van der Waals surface area contributed by atoms with Crippen LogP contribution < -0.4 is 4.74 Å². The summed E-state index contributed by atoms with van der Waals surface area (Å²) in [5.74, 6) is 3.43. The Balaban J connectivity index is 1.35. The van der Waals surface area contributed by atoms with Crippen molar-refractivity contribution in [1.29, 1.82) is 0 Å². The molecule has 5 rings (SSSR count). The lowest BCUT2D eigenvalue weighted by Crippen LogP contribution is -2.37. The minimum Gasteiger partial charge on any atom is -0.497 e. The van der Waals surface area contributed by atoms with E-state index in [2.05, 4.69) is 64.9 Å². The van der Waals surface area contributed by atoms with Gasteiger partial charge in [0.05, 0.1) is 30.3 Å². The second-order valence-corrected chi connectivity index (χ2v) is 8.89. The maximum atomic E-state index is 6.04. The van der Waals surface area contributed by atoms with E-state index in [0.29, 0.717) is 17.9 Å². The van der Waals surface area contributed by atoms with Crippen LogP contribution in [0.1, 0.15) is 30.3 Å². The van der Waals surface area contributed by atoms with Gasteiger partial charge in [0.25, 0.3) is 0 Å². The van der Waals surface area contributed by atoms with E-state index in [0.717, 1.165) is 49.6 Å². The molecule has 1 aliphatic carbocycles. The Labute approximate surface area is 178 Å². The summed E-state index contributed by atoms with van der Waals surface area (Å²) in [6.07, 6.45) is 2.52. The molecule has 0 bridgehead atoms. The zero-order valence-corrected chi connectivity index (χ0v) is 18.1. The lowest BCUT2D eigenvalue weighted by molar-refractivity contribution is -0.0000726. The van der Waals surface area contributed by atoms with Crippen LogP contribution in [-0.4, -0.2) is 47.9 Å². The van der Waals surface area contributed by atoms with Crippen molar-refractivity contribution in [2.45, 2.75) is 38.5 Å². The van der Waals surface area contributed by atoms with Crippen LogP contribution in [0, 0.1) is 18.8 Å². The largest absolute Gasteiger partial charge is 0.497 e. The topological polar surface area (TPSA) is 39.5 Å². The monoisotopic (exact) mass is 405 g/mol. The number of fused-ring (bicyclic) bond motifs is 2. The van der Waals surface area contributed by atoms with Gasteiger partial charge in [-0.1, -0.05) is 24.3 Å². The Morgan fingerprint density at radius 2 is 1.70 bits per heavy atom. The van der Waals surface area contributed by atoms with Crippen LogP contribution in [0.15, 0.2) is 48.5 Å². The number of methoxy groups -OCH3 is 2. The van der Waals surface area contributed by atoms with Gasteiger partial charge in [-0.2, -0.15) is 0 Å². The molecule has 0 spiro atoms. The molecule has 3 aromatic rings. The fraction of sp³-hybridized carbons (Fsp3) is 0.480. The molecular formula is C25H31N3O2. The molecule has 2 aliphatic rings. The Kier molecular flexibility index (Phi) is 5.25. The molecular weight excluding hydrogens is 374 g/mol. The van der Waals surface area contributed by atoms with Crippen LogP contribution in [0.3, 0.4) is 0 Å². The van der Waals surface area contributed by atoms with Crippen molar-refractivity contribution >= 4 is 11.0 Å². The Hall–Kier alpha value is -2.37. The van der Waals surface area contributed by atoms with E-state index in [4.69, 9.17) is 14.5 Å². The molecule has 4 atom stereocenters. The summed E-state index contributed by atoms with van der Waals surface area (Å²) in [6.45, 7) is 5.46. The number of para-hydroxylation sites is 2. The zero-order chi connectivity index (χ0) is 20.7. The molecule has 0 radical (unpaired) electrons. The summed E-state index contributed by atoms with van der Waals surface area (Å²) in [4.78, 5) is 7.43. The number of hydrogen-bond donors (Lipinski definition) is 0. The molecule has 5 nitrogen and oxygen atoms in total. The summed E-state index contributed by atoms with van der Waals surface area (Å²) in [5.41, 5.74) is 3.67. The van der Waals surface area contributed by atoms with E-state index in [9.17, 15) is 0 Å². The molecule has 0 amide bonds. The van der Waals surface area contributed by atoms with Crippen molar-refractivity contribution in [3.8, 4) is 5.75 Å². The molecule has 1 saturated carbocycles. The first kappa shape index (κ1) is 19.6. The number of aryl methyl sites for hydroxylation is 1. The van der Waals surface area contributed by atoms with Gasteiger partial charge in [-0.25, -0.2) is 4.98 Å². The van der Waals surface area contributed by atoms with Crippen LogP contribution in [0.25, 0.3) is 11.0 Å². The molecule has 30 heavy (non-hydrogen) atoms. The highest BCUT2D eigenvalue weighted by Crippen LogP contribution is 2.44. The van der Waals surface area contributed by atoms with Gasteiger partial charge in [0.15, 0.2) is 0 Å². The third kappa shape index (κ3) is 3.50. The van der Waals surface area contributed by atoms with Gasteiger partial charge in [0.1, 0.15) is 11.6 Å². The molecule has 1 saturated heterocycles. The lowest BCUT2D eigenvalue weighted by atomic mass is 9.77. The smallest absolute Gasteiger partial charge is 0.118 e. The van der Waals surface area contributed by atoms with Gasteiger partial charge in [-0.15, -0.1) is 0 Å². The fourth-order valence-electron chi connectivity index (χ4n) is 5.71. The summed E-state index contributed by atoms with van der Waals surface area (Å²) in [6, 6.07) is 17.3. The van der Waals surface area contributed by atoms with E-state index in [1.807, 2.05) is 7.11 Å². The van der Waals surface area contributed by atoms with E-state index in [1.54, 1.807) is 7.11 Å². The van der Waals surface area contributed by atoms with Crippen LogP contribution in [0.4, 0.5) is 0 Å². The van der Waals surface area contributed by atoms with Crippen molar-refractivity contribution in [1.82, 2.24) is 14.5 Å². The van der Waals surface area contributed by atoms with Crippen LogP contribution >= 0.6 is 0 Å². The first-order valence-corrected chi connectivity index (χ1v) is 11.0. The molecule has 2 aromatic carbocycles. The quantitative estimate of drug-likeness (QED) is 0.629. The number of imidazole rings is 1. The van der Waals surface area contributed by atoms with E-state index in [1.165, 1.54) is 11.1 Å². The molecule has 2 fully saturated rings. The minimum atomic E-state index is 0.239. The standard InChI is InChI=1S/C25H31N3O2/c1-17-26-22-6-4-5-7-23(22)28(17)24-12-19-15-27(16-20(19)13-25(24)30-3)14-18-8-10-21(29-2)11-9-18/h4-11,19-20,24-25H,12-16H2,1-3H3/t19-,20+,24-,25-/m0/s1. The van der Waals surface area contributed by atoms with Crippen molar-refractivity contribution < 1.29 is 9.47 Å². The highest BCUT2D eigenvalue weighted by atomic mass is 16.5. The molecule has 1 aliphatic heterocycles. The zero-order valence-electron chi connectivity index (χ0n) is 18.1. The van der Waals surface area contributed by atoms with Gasteiger partial charge < -0.3 is 14.0 Å². The third-order valence-corrected chi connectivity index (χ3v) is 7.13. The summed E-state index contributed by atoms with van der Waals surface area (Å²) >= 11 is 0. The number of aromatic nitrogens is 2. The number of ether oxygens (including phenoxy) is 2. The fourth-order valence-corrected chi connectivity index (χ4v) is 5.71. The van der Waals surface area contributed by atoms with Gasteiger partial charge in [0, 0.05) is 26.7 Å². The van der Waals surface area contributed by atoms with E-state index in [-0.39, 0.29) is 6.10 Å². The van der Waals surface area contributed by atoms with Crippen molar-refractivity contribution in [2.24, 2.45) is 11.8 Å². The maximum Gasteiger partial charge on any atom is 0.118 e. The highest BCUT2D eigenvalue weighted by molar-refractivity contribution is 5.76. The predicted molar refractivity (Wildman–Crippen MR) is 119 cm³/mol. The Bertz CT molecular complexity index is 1010. The maximum absolute atomic E-state index is 6.04. The number of nitrogens with zero attached hydrogens (tertiary/aromatic N) is 3. The van der Waals surface area contributed by atoms with Crippen LogP contribution in [-0.2, 0) is 11.3 Å². The normalized spacial score (nSPS) is 26.8. The third-order valence-electron chi connectivity index (χ3n) is 7.13. The first-order valence-electron chi connectivity index (χ1n) is 11.0. The second kappa shape index (κ2) is 8.05. The predicted octanol–water partition coefficient (Wildman–Crippen LogP) is 4.45. The Morgan fingerprint density at radius 3 is 2.43 bits per heavy atom. The molecule has 158 valence electrons. The number of hydrogen-bond acceptors (Lipinski definition) is 4. The number of likely N-dealkylation sites (tertiary alicyclic amines) is 1. The summed E-state index contributed by atoms with van der Waals surface area (Å²) in [5, 5.41) is 0. The van der Waals surface area contributed by atoms with Gasteiger partial charge in [-0.3, -0.25) is 4.90 Å². The molecule has 0 unspecified atom stereocenters. The van der Waals surface area contributed by atoms with Crippen LogP contribution in [0.5, 0.6) is 5.75 Å².